The number of nitrogens with zero attached hydrogens (tertiary/aromatic N) is 3. The largest absolute Gasteiger partial charge is 0.416 e. The first-order valence-corrected chi connectivity index (χ1v) is 11.6. The molecular formula is C24H30F3N5O3. The van der Waals surface area contributed by atoms with Crippen molar-refractivity contribution in [3.05, 3.63) is 42.2 Å². The normalized spacial score (nSPS) is 24.6. The Morgan fingerprint density at radius 2 is 1.97 bits per heavy atom. The first-order chi connectivity index (χ1) is 16.5. The van der Waals surface area contributed by atoms with Crippen molar-refractivity contribution in [2.45, 2.75) is 62.6 Å². The minimum Gasteiger partial charge on any atom is -0.387 e. The van der Waals surface area contributed by atoms with Crippen molar-refractivity contribution in [1.29, 1.82) is 0 Å². The predicted octanol–water partition coefficient (Wildman–Crippen LogP) is 2.47. The monoisotopic (exact) mass is 493 g/mol. The van der Waals surface area contributed by atoms with Crippen molar-refractivity contribution < 1.29 is 28.2 Å². The summed E-state index contributed by atoms with van der Waals surface area (Å²) in [7, 11) is 0. The van der Waals surface area contributed by atoms with Gasteiger partial charge in [-0.15, -0.1) is 0 Å². The lowest BCUT2D eigenvalue weighted by molar-refractivity contribution is -0.137. The molecule has 2 aliphatic rings. The van der Waals surface area contributed by atoms with E-state index in [1.54, 1.807) is 6.92 Å². The molecule has 11 heteroatoms. The van der Waals surface area contributed by atoms with E-state index < -0.39 is 23.4 Å². The minimum atomic E-state index is -4.49. The summed E-state index contributed by atoms with van der Waals surface area (Å²) in [5.41, 5.74) is -1.03. The number of halogens is 3. The Balaban J connectivity index is 1.25. The molecule has 190 valence electrons. The van der Waals surface area contributed by atoms with Gasteiger partial charge in [0.25, 0.3) is 0 Å². The molecule has 2 heterocycles. The van der Waals surface area contributed by atoms with E-state index >= 15 is 0 Å². The van der Waals surface area contributed by atoms with Crippen LogP contribution in [0.5, 0.6) is 0 Å². The van der Waals surface area contributed by atoms with Crippen molar-refractivity contribution in [3.8, 4) is 0 Å². The molecule has 1 saturated heterocycles. The zero-order chi connectivity index (χ0) is 25.4. The highest BCUT2D eigenvalue weighted by molar-refractivity contribution is 5.91. The zero-order valence-electron chi connectivity index (χ0n) is 19.5. The lowest BCUT2D eigenvalue weighted by atomic mass is 9.76. The Morgan fingerprint density at radius 1 is 1.29 bits per heavy atom. The summed E-state index contributed by atoms with van der Waals surface area (Å²) in [5.74, 6) is -0.117. The van der Waals surface area contributed by atoms with Crippen molar-refractivity contribution in [1.82, 2.24) is 20.2 Å². The van der Waals surface area contributed by atoms with Crippen LogP contribution in [0.4, 0.5) is 19.0 Å². The molecule has 1 aromatic heterocycles. The molecule has 0 spiro atoms. The number of carbonyl (C=O) groups excluding carboxylic acids is 1. The van der Waals surface area contributed by atoms with E-state index in [-0.39, 0.29) is 35.7 Å². The van der Waals surface area contributed by atoms with Crippen LogP contribution in [-0.4, -0.2) is 74.4 Å². The molecule has 1 aliphatic heterocycles. The summed E-state index contributed by atoms with van der Waals surface area (Å²) >= 11 is 0. The summed E-state index contributed by atoms with van der Waals surface area (Å²) in [6.07, 6.45) is -1.69. The Bertz CT molecular complexity index is 1100. The average Bonchev–Trinajstić information content (AvgIpc) is 2.79. The number of hydrogen-bond acceptors (Lipinski definition) is 7. The second-order valence-electron chi connectivity index (χ2n) is 9.61. The highest BCUT2D eigenvalue weighted by Gasteiger charge is 2.43. The summed E-state index contributed by atoms with van der Waals surface area (Å²) in [4.78, 5) is 22.6. The highest BCUT2D eigenvalue weighted by Crippen LogP contribution is 2.36. The van der Waals surface area contributed by atoms with Gasteiger partial charge in [0.15, 0.2) is 0 Å². The van der Waals surface area contributed by atoms with Crippen molar-refractivity contribution in [2.75, 3.05) is 25.0 Å². The van der Waals surface area contributed by atoms with Crippen LogP contribution in [0.25, 0.3) is 10.9 Å². The van der Waals surface area contributed by atoms with E-state index in [0.29, 0.717) is 37.0 Å². The standard InChI is InChI=1S/C24H30F3N5O3/c1-14(2)21(34)23(35)7-5-17(6-8-23)32-11-16(12-32)31-20(33)10-28-22-18-9-15(24(25,26)27)3-4-19(18)29-13-30-22/h3-4,9,13,16-17,21,34-35H,1,5-8,10-12H2,2H3,(H,31,33)(H,28,29,30). The van der Waals surface area contributed by atoms with E-state index in [1.807, 2.05) is 0 Å². The molecule has 1 saturated carbocycles. The van der Waals surface area contributed by atoms with E-state index in [2.05, 4.69) is 32.1 Å². The number of nitrogens with one attached hydrogen (secondary N) is 2. The van der Waals surface area contributed by atoms with Crippen LogP contribution < -0.4 is 10.6 Å². The molecule has 1 amide bonds. The van der Waals surface area contributed by atoms with Crippen LogP contribution in [0.15, 0.2) is 36.7 Å². The average molecular weight is 494 g/mol. The van der Waals surface area contributed by atoms with E-state index in [9.17, 15) is 28.2 Å². The van der Waals surface area contributed by atoms with Crippen molar-refractivity contribution in [2.24, 2.45) is 0 Å². The molecule has 2 fully saturated rings. The van der Waals surface area contributed by atoms with Gasteiger partial charge >= 0.3 is 6.18 Å². The number of alkyl halides is 3. The maximum atomic E-state index is 13.1. The first kappa shape index (κ1) is 25.3. The fourth-order valence-corrected chi connectivity index (χ4v) is 4.92. The molecule has 1 atom stereocenters. The van der Waals surface area contributed by atoms with Crippen LogP contribution in [0.3, 0.4) is 0 Å². The number of anilines is 1. The Hall–Kier alpha value is -2.76. The van der Waals surface area contributed by atoms with Gasteiger partial charge in [-0.25, -0.2) is 9.97 Å². The van der Waals surface area contributed by atoms with E-state index in [1.165, 1.54) is 12.4 Å². The minimum absolute atomic E-state index is 0.0231. The number of aromatic nitrogens is 2. The third kappa shape index (κ3) is 5.57. The third-order valence-electron chi connectivity index (χ3n) is 6.97. The highest BCUT2D eigenvalue weighted by atomic mass is 19.4. The molecule has 1 aromatic carbocycles. The van der Waals surface area contributed by atoms with Gasteiger partial charge in [-0.05, 0) is 56.4 Å². The van der Waals surface area contributed by atoms with Crippen LogP contribution in [-0.2, 0) is 11.0 Å². The second kappa shape index (κ2) is 9.71. The molecule has 0 radical (unpaired) electrons. The molecule has 4 rings (SSSR count). The molecule has 1 unspecified atom stereocenters. The lowest BCUT2D eigenvalue weighted by Crippen LogP contribution is -2.63. The number of likely N-dealkylation sites (tertiary alicyclic amines) is 1. The smallest absolute Gasteiger partial charge is 0.387 e. The maximum absolute atomic E-state index is 13.1. The van der Waals surface area contributed by atoms with Gasteiger partial charge in [-0.3, -0.25) is 9.69 Å². The summed E-state index contributed by atoms with van der Waals surface area (Å²) < 4.78 is 39.2. The topological polar surface area (TPSA) is 111 Å². The second-order valence-corrected chi connectivity index (χ2v) is 9.61. The molecule has 0 bridgehead atoms. The molecule has 1 aliphatic carbocycles. The predicted molar refractivity (Wildman–Crippen MR) is 125 cm³/mol. The fraction of sp³-hybridized carbons (Fsp3) is 0.542. The zero-order valence-corrected chi connectivity index (χ0v) is 19.5. The summed E-state index contributed by atoms with van der Waals surface area (Å²) in [5, 5.41) is 26.8. The van der Waals surface area contributed by atoms with Gasteiger partial charge in [0, 0.05) is 24.5 Å². The number of amides is 1. The van der Waals surface area contributed by atoms with Gasteiger partial charge in [0.2, 0.25) is 5.91 Å². The fourth-order valence-electron chi connectivity index (χ4n) is 4.92. The Labute approximate surface area is 201 Å². The number of hydrogen-bond donors (Lipinski definition) is 4. The van der Waals surface area contributed by atoms with Gasteiger partial charge in [-0.2, -0.15) is 13.2 Å². The number of carbonyl (C=O) groups is 1. The SMILES string of the molecule is C=C(C)C(O)C1(O)CCC(N2CC(NC(=O)CNc3ncnc4ccc(C(F)(F)F)cc34)C2)CC1. The number of aliphatic hydroxyl groups is 2. The van der Waals surface area contributed by atoms with Gasteiger partial charge in [-0.1, -0.05) is 6.58 Å². The van der Waals surface area contributed by atoms with Crippen LogP contribution in [0.2, 0.25) is 0 Å². The molecule has 2 aromatic rings. The van der Waals surface area contributed by atoms with Gasteiger partial charge < -0.3 is 20.8 Å². The first-order valence-electron chi connectivity index (χ1n) is 11.6. The molecule has 35 heavy (non-hydrogen) atoms. The molecule has 8 nitrogen and oxygen atoms in total. The lowest BCUT2D eigenvalue weighted by Gasteiger charge is -2.49. The summed E-state index contributed by atoms with van der Waals surface area (Å²) in [6.45, 7) is 6.68. The van der Waals surface area contributed by atoms with Gasteiger partial charge in [0.1, 0.15) is 18.2 Å². The Kier molecular flexibility index (Phi) is 7.03. The summed E-state index contributed by atoms with van der Waals surface area (Å²) in [6, 6.07) is 3.47. The van der Waals surface area contributed by atoms with Crippen molar-refractivity contribution >= 4 is 22.6 Å². The number of fused-ring (bicyclic) bond motifs is 1. The maximum Gasteiger partial charge on any atom is 0.416 e. The van der Waals surface area contributed by atoms with E-state index in [4.69, 9.17) is 0 Å². The molecule has 4 N–H and O–H groups in total. The van der Waals surface area contributed by atoms with Crippen LogP contribution in [0.1, 0.15) is 38.2 Å². The van der Waals surface area contributed by atoms with Gasteiger partial charge in [0.05, 0.1) is 29.3 Å². The quantitative estimate of drug-likeness (QED) is 0.439. The molecular weight excluding hydrogens is 463 g/mol. The number of aliphatic hydroxyl groups excluding tert-OH is 1. The van der Waals surface area contributed by atoms with E-state index in [0.717, 1.165) is 25.0 Å². The van der Waals surface area contributed by atoms with Crippen molar-refractivity contribution in [3.63, 3.8) is 0 Å². The third-order valence-corrected chi connectivity index (χ3v) is 6.97. The van der Waals surface area contributed by atoms with Crippen LogP contribution in [0, 0.1) is 0 Å². The number of rotatable bonds is 7. The van der Waals surface area contributed by atoms with Crippen LogP contribution >= 0.6 is 0 Å². The Morgan fingerprint density at radius 3 is 2.60 bits per heavy atom. The number of benzene rings is 1.